The molecule has 0 aromatic heterocycles. The summed E-state index contributed by atoms with van der Waals surface area (Å²) < 4.78 is 4.21. The molecule has 0 saturated heterocycles. The lowest BCUT2D eigenvalue weighted by atomic mass is 9.82. The molecule has 0 aliphatic carbocycles. The van der Waals surface area contributed by atoms with E-state index in [9.17, 15) is 14.7 Å². The molecule has 0 amide bonds. The first kappa shape index (κ1) is 17.0. The van der Waals surface area contributed by atoms with Crippen molar-refractivity contribution in [3.05, 3.63) is 0 Å². The van der Waals surface area contributed by atoms with Crippen LogP contribution in [0.5, 0.6) is 0 Å². The van der Waals surface area contributed by atoms with E-state index < -0.39 is 42.3 Å². The van der Waals surface area contributed by atoms with Crippen molar-refractivity contribution in [3.63, 3.8) is 0 Å². The average Bonchev–Trinajstić information content (AvgIpc) is 2.25. The Bertz CT molecular complexity index is 307. The Morgan fingerprint density at radius 2 is 1.72 bits per heavy atom. The minimum Gasteiger partial charge on any atom is -0.393 e. The summed E-state index contributed by atoms with van der Waals surface area (Å²) >= 11 is 0. The number of aliphatic hydroxyl groups excluding tert-OH is 3. The molecule has 4 N–H and O–H groups in total. The Morgan fingerprint density at radius 1 is 1.22 bits per heavy atom. The predicted octanol–water partition coefficient (Wildman–Crippen LogP) is -1.43. The van der Waals surface area contributed by atoms with E-state index in [0.29, 0.717) is 0 Å². The third kappa shape index (κ3) is 5.09. The fourth-order valence-electron chi connectivity index (χ4n) is 1.40. The van der Waals surface area contributed by atoms with Crippen LogP contribution in [0.15, 0.2) is 0 Å². The third-order valence-electron chi connectivity index (χ3n) is 2.10. The first-order valence-corrected chi connectivity index (χ1v) is 5.44. The molecule has 0 fully saturated rings. The Labute approximate surface area is 105 Å². The fraction of sp³-hybridized carbons (Fsp3) is 0.818. The van der Waals surface area contributed by atoms with E-state index in [1.54, 1.807) is 20.8 Å². The zero-order valence-electron chi connectivity index (χ0n) is 10.7. The molecule has 0 spiro atoms. The van der Waals surface area contributed by atoms with Gasteiger partial charge in [0.05, 0.1) is 13.2 Å². The highest BCUT2D eigenvalue weighted by molar-refractivity contribution is 5.92. The highest BCUT2D eigenvalue weighted by Crippen LogP contribution is 2.28. The van der Waals surface area contributed by atoms with Gasteiger partial charge in [-0.25, -0.2) is 9.59 Å². The van der Waals surface area contributed by atoms with Crippen LogP contribution in [0.25, 0.3) is 0 Å². The zero-order chi connectivity index (χ0) is 14.6. The Balaban J connectivity index is 4.76. The highest BCUT2D eigenvalue weighted by Gasteiger charge is 2.42. The van der Waals surface area contributed by atoms with Crippen LogP contribution >= 0.6 is 0 Å². The van der Waals surface area contributed by atoms with Gasteiger partial charge in [-0.1, -0.05) is 20.8 Å². The predicted molar refractivity (Wildman–Crippen MR) is 60.3 cm³/mol. The molecular weight excluding hydrogens is 244 g/mol. The van der Waals surface area contributed by atoms with E-state index in [0.717, 1.165) is 0 Å². The quantitative estimate of drug-likeness (QED) is 0.354. The SMILES string of the molecule is CC(C)(C)CC(O)(CO)C(=O)OC(=O)C(O)CO. The summed E-state index contributed by atoms with van der Waals surface area (Å²) in [4.78, 5) is 22.6. The summed E-state index contributed by atoms with van der Waals surface area (Å²) in [5.41, 5.74) is -2.71. The van der Waals surface area contributed by atoms with Gasteiger partial charge < -0.3 is 25.2 Å². The van der Waals surface area contributed by atoms with Crippen LogP contribution in [0.1, 0.15) is 27.2 Å². The Morgan fingerprint density at radius 3 is 2.06 bits per heavy atom. The molecule has 0 rings (SSSR count). The van der Waals surface area contributed by atoms with Crippen molar-refractivity contribution in [1.29, 1.82) is 0 Å². The van der Waals surface area contributed by atoms with Gasteiger partial charge in [0.15, 0.2) is 11.7 Å². The number of aliphatic hydroxyl groups is 4. The molecule has 0 heterocycles. The van der Waals surface area contributed by atoms with Gasteiger partial charge in [-0.2, -0.15) is 0 Å². The van der Waals surface area contributed by atoms with Gasteiger partial charge in [-0.3, -0.25) is 0 Å². The molecule has 0 bridgehead atoms. The molecule has 0 aromatic rings. The molecule has 0 saturated carbocycles. The summed E-state index contributed by atoms with van der Waals surface area (Å²) in [6.07, 6.45) is -1.98. The van der Waals surface area contributed by atoms with Crippen LogP contribution in [0.3, 0.4) is 0 Å². The monoisotopic (exact) mass is 264 g/mol. The summed E-state index contributed by atoms with van der Waals surface area (Å²) in [5.74, 6) is -2.72. The number of esters is 2. The summed E-state index contributed by atoms with van der Waals surface area (Å²) in [5, 5.41) is 36.4. The zero-order valence-corrected chi connectivity index (χ0v) is 10.7. The maximum Gasteiger partial charge on any atom is 0.348 e. The van der Waals surface area contributed by atoms with E-state index in [-0.39, 0.29) is 6.42 Å². The number of hydrogen-bond donors (Lipinski definition) is 4. The standard InChI is InChI=1S/C11H20O7/c1-10(2,3)5-11(17,6-13)9(16)18-8(15)7(14)4-12/h7,12-14,17H,4-6H2,1-3H3. The smallest absolute Gasteiger partial charge is 0.348 e. The lowest BCUT2D eigenvalue weighted by molar-refractivity contribution is -0.184. The van der Waals surface area contributed by atoms with E-state index in [1.807, 2.05) is 0 Å². The molecule has 2 atom stereocenters. The van der Waals surface area contributed by atoms with E-state index in [4.69, 9.17) is 15.3 Å². The van der Waals surface area contributed by atoms with Crippen LogP contribution in [0.4, 0.5) is 0 Å². The van der Waals surface area contributed by atoms with Crippen molar-refractivity contribution in [2.24, 2.45) is 5.41 Å². The molecular formula is C11H20O7. The van der Waals surface area contributed by atoms with Crippen LogP contribution in [-0.2, 0) is 14.3 Å². The lowest BCUT2D eigenvalue weighted by Crippen LogP contribution is -2.48. The van der Waals surface area contributed by atoms with Crippen molar-refractivity contribution in [1.82, 2.24) is 0 Å². The van der Waals surface area contributed by atoms with Crippen LogP contribution < -0.4 is 0 Å². The maximum atomic E-state index is 11.6. The van der Waals surface area contributed by atoms with E-state index in [2.05, 4.69) is 4.74 Å². The first-order chi connectivity index (χ1) is 8.05. The highest BCUT2D eigenvalue weighted by atomic mass is 16.6. The summed E-state index contributed by atoms with van der Waals surface area (Å²) in [6.45, 7) is 3.37. The Hall–Kier alpha value is -1.02. The molecule has 2 unspecified atom stereocenters. The van der Waals surface area contributed by atoms with Crippen LogP contribution in [0.2, 0.25) is 0 Å². The largest absolute Gasteiger partial charge is 0.393 e. The molecule has 0 aliphatic rings. The van der Waals surface area contributed by atoms with E-state index in [1.165, 1.54) is 0 Å². The fourth-order valence-corrected chi connectivity index (χ4v) is 1.40. The minimum atomic E-state index is -2.22. The summed E-state index contributed by atoms with van der Waals surface area (Å²) in [6, 6.07) is 0. The number of carbonyl (C=O) groups excluding carboxylic acids is 2. The molecule has 0 aliphatic heterocycles. The van der Waals surface area contributed by atoms with Crippen molar-refractivity contribution in [3.8, 4) is 0 Å². The topological polar surface area (TPSA) is 124 Å². The number of rotatable bonds is 5. The second-order valence-electron chi connectivity index (χ2n) is 5.33. The first-order valence-electron chi connectivity index (χ1n) is 5.44. The molecule has 0 aromatic carbocycles. The van der Waals surface area contributed by atoms with Crippen molar-refractivity contribution < 1.29 is 34.8 Å². The van der Waals surface area contributed by atoms with Gasteiger partial charge in [-0.05, 0) is 11.8 Å². The second-order valence-corrected chi connectivity index (χ2v) is 5.33. The van der Waals surface area contributed by atoms with Crippen LogP contribution in [0, 0.1) is 5.41 Å². The maximum absolute atomic E-state index is 11.6. The van der Waals surface area contributed by atoms with Gasteiger partial charge in [-0.15, -0.1) is 0 Å². The third-order valence-corrected chi connectivity index (χ3v) is 2.10. The lowest BCUT2D eigenvalue weighted by Gasteiger charge is -2.30. The number of ether oxygens (including phenoxy) is 1. The van der Waals surface area contributed by atoms with Crippen molar-refractivity contribution in [2.75, 3.05) is 13.2 Å². The van der Waals surface area contributed by atoms with Gasteiger partial charge >= 0.3 is 11.9 Å². The summed E-state index contributed by atoms with van der Waals surface area (Å²) in [7, 11) is 0. The van der Waals surface area contributed by atoms with Gasteiger partial charge in [0.25, 0.3) is 0 Å². The van der Waals surface area contributed by atoms with Crippen molar-refractivity contribution in [2.45, 2.75) is 38.9 Å². The number of hydrogen-bond acceptors (Lipinski definition) is 7. The van der Waals surface area contributed by atoms with Gasteiger partial charge in [0, 0.05) is 0 Å². The molecule has 18 heavy (non-hydrogen) atoms. The Kier molecular flexibility index (Phi) is 5.88. The van der Waals surface area contributed by atoms with Crippen LogP contribution in [-0.4, -0.2) is 57.3 Å². The molecule has 7 nitrogen and oxygen atoms in total. The van der Waals surface area contributed by atoms with Crippen molar-refractivity contribution >= 4 is 11.9 Å². The van der Waals surface area contributed by atoms with Gasteiger partial charge in [0.1, 0.15) is 0 Å². The minimum absolute atomic E-state index is 0.127. The second kappa shape index (κ2) is 6.24. The average molecular weight is 264 g/mol. The number of carbonyl (C=O) groups is 2. The molecule has 0 radical (unpaired) electrons. The van der Waals surface area contributed by atoms with E-state index >= 15 is 0 Å². The van der Waals surface area contributed by atoms with Gasteiger partial charge in [0.2, 0.25) is 0 Å². The molecule has 106 valence electrons. The normalized spacial score (nSPS) is 16.8. The molecule has 7 heteroatoms.